The molecule has 144 valence electrons. The summed E-state index contributed by atoms with van der Waals surface area (Å²) < 4.78 is 5.31. The van der Waals surface area contributed by atoms with Crippen LogP contribution in [0.2, 0.25) is 5.15 Å². The van der Waals surface area contributed by atoms with Gasteiger partial charge < -0.3 is 15.8 Å². The minimum absolute atomic E-state index is 0.0923. The molecule has 1 amide bonds. The lowest BCUT2D eigenvalue weighted by atomic mass is 9.87. The van der Waals surface area contributed by atoms with Gasteiger partial charge in [-0.25, -0.2) is 9.78 Å². The first kappa shape index (κ1) is 19.2. The zero-order valence-electron chi connectivity index (χ0n) is 15.7. The second-order valence-electron chi connectivity index (χ2n) is 7.56. The molecular formula is C19H24ClN5O2. The van der Waals surface area contributed by atoms with E-state index in [0.29, 0.717) is 11.0 Å². The molecular weight excluding hydrogens is 366 g/mol. The average molecular weight is 390 g/mol. The van der Waals surface area contributed by atoms with Crippen molar-refractivity contribution in [2.75, 3.05) is 16.4 Å². The highest BCUT2D eigenvalue weighted by Gasteiger charge is 2.22. The maximum Gasteiger partial charge on any atom is 0.412 e. The minimum Gasteiger partial charge on any atom is -0.444 e. The third-order valence-corrected chi connectivity index (χ3v) is 4.33. The van der Waals surface area contributed by atoms with E-state index in [1.54, 1.807) is 6.07 Å². The van der Waals surface area contributed by atoms with E-state index in [0.717, 1.165) is 24.9 Å². The first-order chi connectivity index (χ1) is 12.7. The molecule has 0 saturated carbocycles. The van der Waals surface area contributed by atoms with Gasteiger partial charge in [-0.15, -0.1) is 0 Å². The molecule has 1 aliphatic rings. The smallest absolute Gasteiger partial charge is 0.412 e. The predicted molar refractivity (Wildman–Crippen MR) is 107 cm³/mol. The summed E-state index contributed by atoms with van der Waals surface area (Å²) in [5.74, 6) is 0.735. The lowest BCUT2D eigenvalue weighted by Crippen LogP contribution is -2.27. The van der Waals surface area contributed by atoms with E-state index >= 15 is 0 Å². The molecule has 1 aliphatic carbocycles. The van der Waals surface area contributed by atoms with Crippen molar-refractivity contribution in [3.63, 3.8) is 0 Å². The van der Waals surface area contributed by atoms with E-state index < -0.39 is 11.7 Å². The van der Waals surface area contributed by atoms with Crippen LogP contribution < -0.4 is 16.4 Å². The van der Waals surface area contributed by atoms with Crippen molar-refractivity contribution in [2.24, 2.45) is 0 Å². The fourth-order valence-electron chi connectivity index (χ4n) is 3.15. The highest BCUT2D eigenvalue weighted by atomic mass is 35.5. The van der Waals surface area contributed by atoms with E-state index in [-0.39, 0.29) is 12.0 Å². The summed E-state index contributed by atoms with van der Waals surface area (Å²) in [7, 11) is 0. The second kappa shape index (κ2) is 7.60. The minimum atomic E-state index is -0.534. The number of fused-ring (bicyclic) bond motifs is 1. The van der Waals surface area contributed by atoms with Gasteiger partial charge in [0, 0.05) is 11.8 Å². The number of hydrogen-bond acceptors (Lipinski definition) is 6. The molecule has 1 aromatic carbocycles. The Kier molecular flexibility index (Phi) is 5.41. The van der Waals surface area contributed by atoms with E-state index in [1.165, 1.54) is 11.1 Å². The summed E-state index contributed by atoms with van der Waals surface area (Å²) in [6, 6.07) is 7.64. The van der Waals surface area contributed by atoms with Crippen LogP contribution in [0.15, 0.2) is 24.3 Å². The molecule has 1 aromatic heterocycles. The number of aryl methyl sites for hydroxylation is 1. The number of amides is 1. The van der Waals surface area contributed by atoms with Crippen LogP contribution >= 0.6 is 11.6 Å². The summed E-state index contributed by atoms with van der Waals surface area (Å²) in [5, 5.41) is 6.48. The fourth-order valence-corrected chi connectivity index (χ4v) is 3.34. The van der Waals surface area contributed by atoms with Crippen molar-refractivity contribution in [3.05, 3.63) is 40.5 Å². The number of halogens is 1. The standard InChI is InChI=1S/C19H24ClN5O2/c1-19(2,3)27-18(26)22-12-7-8-13-11(9-12)5-4-6-14(13)23-16-10-15(20)24-17(21)25-16/h7-10,14H,4-6H2,1-3H3,(H,22,26)(H3,21,23,24,25). The molecule has 3 rings (SSSR count). The number of nitrogens with zero attached hydrogens (tertiary/aromatic N) is 2. The molecule has 1 unspecified atom stereocenters. The van der Waals surface area contributed by atoms with Crippen LogP contribution in [-0.4, -0.2) is 21.7 Å². The van der Waals surface area contributed by atoms with E-state index in [4.69, 9.17) is 22.1 Å². The Labute approximate surface area is 163 Å². The number of aromatic nitrogens is 2. The summed E-state index contributed by atoms with van der Waals surface area (Å²) in [6.07, 6.45) is 2.48. The molecule has 27 heavy (non-hydrogen) atoms. The molecule has 7 nitrogen and oxygen atoms in total. The molecule has 1 heterocycles. The Balaban J connectivity index is 1.75. The molecule has 2 aromatic rings. The van der Waals surface area contributed by atoms with Gasteiger partial charge in [0.05, 0.1) is 6.04 Å². The monoisotopic (exact) mass is 389 g/mol. The molecule has 0 bridgehead atoms. The predicted octanol–water partition coefficient (Wildman–Crippen LogP) is 4.55. The molecule has 0 spiro atoms. The normalized spacial score (nSPS) is 16.4. The number of carbonyl (C=O) groups excluding carboxylic acids is 1. The van der Waals surface area contributed by atoms with Crippen molar-refractivity contribution >= 4 is 35.1 Å². The zero-order chi connectivity index (χ0) is 19.6. The second-order valence-corrected chi connectivity index (χ2v) is 7.95. The van der Waals surface area contributed by atoms with Crippen molar-refractivity contribution in [1.29, 1.82) is 0 Å². The van der Waals surface area contributed by atoms with Crippen molar-refractivity contribution < 1.29 is 9.53 Å². The summed E-state index contributed by atoms with van der Waals surface area (Å²) in [4.78, 5) is 20.0. The molecule has 0 aliphatic heterocycles. The Morgan fingerprint density at radius 1 is 1.30 bits per heavy atom. The topological polar surface area (TPSA) is 102 Å². The Morgan fingerprint density at radius 2 is 2.07 bits per heavy atom. The van der Waals surface area contributed by atoms with Crippen LogP contribution in [0.5, 0.6) is 0 Å². The fraction of sp³-hybridized carbons (Fsp3) is 0.421. The largest absolute Gasteiger partial charge is 0.444 e. The molecule has 0 saturated heterocycles. The van der Waals surface area contributed by atoms with Gasteiger partial charge in [0.15, 0.2) is 0 Å². The number of rotatable bonds is 3. The van der Waals surface area contributed by atoms with Crippen molar-refractivity contribution in [1.82, 2.24) is 9.97 Å². The van der Waals surface area contributed by atoms with Crippen LogP contribution in [0, 0.1) is 0 Å². The van der Waals surface area contributed by atoms with Crippen LogP contribution in [0.1, 0.15) is 50.8 Å². The highest BCUT2D eigenvalue weighted by Crippen LogP contribution is 2.34. The number of benzene rings is 1. The number of hydrogen-bond donors (Lipinski definition) is 3. The third kappa shape index (κ3) is 5.23. The first-order valence-electron chi connectivity index (χ1n) is 8.89. The van der Waals surface area contributed by atoms with Gasteiger partial charge in [-0.05, 0) is 63.3 Å². The summed E-state index contributed by atoms with van der Waals surface area (Å²) in [5.41, 5.74) is 8.21. The Hall–Kier alpha value is -2.54. The number of nitrogens with one attached hydrogen (secondary N) is 2. The lowest BCUT2D eigenvalue weighted by Gasteiger charge is -2.27. The van der Waals surface area contributed by atoms with Crippen LogP contribution in [0.25, 0.3) is 0 Å². The maximum absolute atomic E-state index is 12.0. The van der Waals surface area contributed by atoms with E-state index in [2.05, 4.69) is 20.6 Å². The molecule has 8 heteroatoms. The van der Waals surface area contributed by atoms with Crippen LogP contribution in [-0.2, 0) is 11.2 Å². The van der Waals surface area contributed by atoms with Gasteiger partial charge in [-0.2, -0.15) is 4.98 Å². The zero-order valence-corrected chi connectivity index (χ0v) is 16.4. The molecule has 1 atom stereocenters. The van der Waals surface area contributed by atoms with Crippen LogP contribution in [0.3, 0.4) is 0 Å². The Morgan fingerprint density at radius 3 is 2.78 bits per heavy atom. The summed E-state index contributed by atoms with van der Waals surface area (Å²) >= 11 is 5.96. The number of anilines is 3. The van der Waals surface area contributed by atoms with Gasteiger partial charge in [0.1, 0.15) is 16.6 Å². The maximum atomic E-state index is 12.0. The third-order valence-electron chi connectivity index (χ3n) is 4.14. The number of nitrogens with two attached hydrogens (primary N) is 1. The quantitative estimate of drug-likeness (QED) is 0.665. The average Bonchev–Trinajstić information content (AvgIpc) is 2.52. The molecule has 0 fully saturated rings. The van der Waals surface area contributed by atoms with E-state index in [1.807, 2.05) is 39.0 Å². The lowest BCUT2D eigenvalue weighted by molar-refractivity contribution is 0.0636. The van der Waals surface area contributed by atoms with Crippen molar-refractivity contribution in [3.8, 4) is 0 Å². The SMILES string of the molecule is CC(C)(C)OC(=O)Nc1ccc2c(c1)CCCC2Nc1cc(Cl)nc(N)n1. The highest BCUT2D eigenvalue weighted by molar-refractivity contribution is 6.29. The van der Waals surface area contributed by atoms with Gasteiger partial charge in [-0.1, -0.05) is 17.7 Å². The Bertz CT molecular complexity index is 830. The molecule has 0 radical (unpaired) electrons. The van der Waals surface area contributed by atoms with Gasteiger partial charge in [0.2, 0.25) is 5.95 Å². The van der Waals surface area contributed by atoms with Gasteiger partial charge in [-0.3, -0.25) is 5.32 Å². The van der Waals surface area contributed by atoms with Gasteiger partial charge >= 0.3 is 6.09 Å². The summed E-state index contributed by atoms with van der Waals surface area (Å²) in [6.45, 7) is 5.51. The van der Waals surface area contributed by atoms with Gasteiger partial charge in [0.25, 0.3) is 0 Å². The van der Waals surface area contributed by atoms with Crippen molar-refractivity contribution in [2.45, 2.75) is 51.7 Å². The first-order valence-corrected chi connectivity index (χ1v) is 9.27. The molecule has 4 N–H and O–H groups in total. The number of ether oxygens (including phenoxy) is 1. The number of nitrogen functional groups attached to an aromatic ring is 1. The number of carbonyl (C=O) groups is 1. The van der Waals surface area contributed by atoms with E-state index in [9.17, 15) is 4.79 Å². The van der Waals surface area contributed by atoms with Crippen LogP contribution in [0.4, 0.5) is 22.2 Å².